The Bertz CT molecular complexity index is 293. The van der Waals surface area contributed by atoms with Crippen LogP contribution in [0.3, 0.4) is 0 Å². The van der Waals surface area contributed by atoms with E-state index in [4.69, 9.17) is 10.5 Å². The molecule has 0 aliphatic heterocycles. The van der Waals surface area contributed by atoms with E-state index in [1.165, 1.54) is 6.04 Å². The second kappa shape index (κ2) is 5.44. The van der Waals surface area contributed by atoms with Crippen LogP contribution in [0, 0.1) is 0 Å². The van der Waals surface area contributed by atoms with E-state index in [1.807, 2.05) is 4.57 Å². The maximum atomic E-state index is 5.60. The van der Waals surface area contributed by atoms with Gasteiger partial charge in [0, 0.05) is 27.4 Å². The van der Waals surface area contributed by atoms with Crippen LogP contribution in [0.15, 0.2) is 12.5 Å². The van der Waals surface area contributed by atoms with Gasteiger partial charge in [-0.3, -0.25) is 0 Å². The van der Waals surface area contributed by atoms with Gasteiger partial charge in [-0.15, -0.1) is 0 Å². The third kappa shape index (κ3) is 4.59. The maximum absolute atomic E-state index is 5.60. The molecule has 0 atom stereocenters. The molecule has 1 aromatic heterocycles. The van der Waals surface area contributed by atoms with Crippen molar-refractivity contribution in [2.24, 2.45) is 5.73 Å². The Morgan fingerprint density at radius 3 is 2.80 bits per heavy atom. The first kappa shape index (κ1) is 12.4. The molecular weight excluding hydrogens is 206 g/mol. The molecule has 5 heteroatoms. The Kier molecular flexibility index (Phi) is 4.50. The van der Waals surface area contributed by atoms with Crippen molar-refractivity contribution < 1.29 is 4.74 Å². The lowest BCUT2D eigenvalue weighted by Gasteiger charge is -2.15. The number of aromatic nitrogens is 2. The highest BCUT2D eigenvalue weighted by Crippen LogP contribution is 2.08. The average molecular weight is 227 g/mol. The van der Waals surface area contributed by atoms with Crippen LogP contribution < -0.4 is 5.73 Å². The fourth-order valence-corrected chi connectivity index (χ4v) is 1.93. The largest absolute Gasteiger partial charge is 0.361 e. The molecule has 0 saturated carbocycles. The zero-order chi connectivity index (χ0) is 11.3. The molecule has 1 heterocycles. The van der Waals surface area contributed by atoms with E-state index in [1.54, 1.807) is 12.5 Å². The molecular formula is C10H21N3OSi. The molecule has 1 rings (SSSR count). The first-order chi connectivity index (χ1) is 7.03. The van der Waals surface area contributed by atoms with E-state index in [-0.39, 0.29) is 0 Å². The zero-order valence-corrected chi connectivity index (χ0v) is 10.9. The summed E-state index contributed by atoms with van der Waals surface area (Å²) >= 11 is 0. The second-order valence-corrected chi connectivity index (χ2v) is 10.5. The van der Waals surface area contributed by atoms with Crippen molar-refractivity contribution in [2.45, 2.75) is 39.0 Å². The van der Waals surface area contributed by atoms with E-state index < -0.39 is 8.07 Å². The van der Waals surface area contributed by atoms with Crippen LogP contribution in [-0.4, -0.2) is 24.2 Å². The lowest BCUT2D eigenvalue weighted by atomic mass is 10.5. The molecule has 0 aromatic carbocycles. The van der Waals surface area contributed by atoms with Gasteiger partial charge in [-0.1, -0.05) is 19.6 Å². The van der Waals surface area contributed by atoms with Crippen molar-refractivity contribution in [3.63, 3.8) is 0 Å². The van der Waals surface area contributed by atoms with Gasteiger partial charge in [0.1, 0.15) is 6.73 Å². The molecule has 0 radical (unpaired) electrons. The number of imidazole rings is 1. The lowest BCUT2D eigenvalue weighted by Crippen LogP contribution is -2.22. The molecule has 0 bridgehead atoms. The summed E-state index contributed by atoms with van der Waals surface area (Å²) in [6.07, 6.45) is 3.54. The third-order valence-electron chi connectivity index (χ3n) is 2.23. The fourth-order valence-electron chi connectivity index (χ4n) is 1.18. The highest BCUT2D eigenvalue weighted by molar-refractivity contribution is 6.76. The summed E-state index contributed by atoms with van der Waals surface area (Å²) in [5.74, 6) is 0. The molecule has 0 spiro atoms. The fraction of sp³-hybridized carbons (Fsp3) is 0.700. The van der Waals surface area contributed by atoms with Crippen LogP contribution in [0.1, 0.15) is 5.69 Å². The number of ether oxygens (including phenoxy) is 1. The number of rotatable bonds is 6. The summed E-state index contributed by atoms with van der Waals surface area (Å²) in [5.41, 5.74) is 6.58. The number of hydrogen-bond donors (Lipinski definition) is 1. The van der Waals surface area contributed by atoms with Crippen molar-refractivity contribution in [1.82, 2.24) is 9.55 Å². The molecule has 0 aliphatic carbocycles. The maximum Gasteiger partial charge on any atom is 0.124 e. The molecule has 0 amide bonds. The molecule has 2 N–H and O–H groups in total. The number of hydrogen-bond acceptors (Lipinski definition) is 3. The number of nitrogens with two attached hydrogens (primary N) is 1. The van der Waals surface area contributed by atoms with Crippen LogP contribution in [-0.2, 0) is 18.0 Å². The summed E-state index contributed by atoms with van der Waals surface area (Å²) in [7, 11) is -0.976. The number of nitrogens with zero attached hydrogens (tertiary/aromatic N) is 2. The molecule has 4 nitrogen and oxygen atoms in total. The highest BCUT2D eigenvalue weighted by Gasteiger charge is 2.12. The Hall–Kier alpha value is -0.653. The van der Waals surface area contributed by atoms with E-state index in [0.717, 1.165) is 12.3 Å². The summed E-state index contributed by atoms with van der Waals surface area (Å²) in [6.45, 7) is 8.95. The van der Waals surface area contributed by atoms with Gasteiger partial charge < -0.3 is 15.0 Å². The Morgan fingerprint density at radius 1 is 1.47 bits per heavy atom. The topological polar surface area (TPSA) is 53.1 Å². The lowest BCUT2D eigenvalue weighted by molar-refractivity contribution is 0.0853. The van der Waals surface area contributed by atoms with Crippen LogP contribution >= 0.6 is 0 Å². The van der Waals surface area contributed by atoms with Crippen LogP contribution in [0.5, 0.6) is 0 Å². The smallest absolute Gasteiger partial charge is 0.124 e. The quantitative estimate of drug-likeness (QED) is 0.594. The summed E-state index contributed by atoms with van der Waals surface area (Å²) < 4.78 is 7.55. The van der Waals surface area contributed by atoms with Gasteiger partial charge in [0.05, 0.1) is 12.0 Å². The highest BCUT2D eigenvalue weighted by atomic mass is 28.3. The van der Waals surface area contributed by atoms with Crippen molar-refractivity contribution in [3.05, 3.63) is 18.2 Å². The Labute approximate surface area is 92.5 Å². The van der Waals surface area contributed by atoms with Crippen LogP contribution in [0.25, 0.3) is 0 Å². The van der Waals surface area contributed by atoms with E-state index in [9.17, 15) is 0 Å². The van der Waals surface area contributed by atoms with Crippen molar-refractivity contribution in [2.75, 3.05) is 6.61 Å². The molecule has 0 fully saturated rings. The van der Waals surface area contributed by atoms with Gasteiger partial charge in [-0.05, 0) is 6.04 Å². The van der Waals surface area contributed by atoms with Gasteiger partial charge in [-0.25, -0.2) is 4.98 Å². The third-order valence-corrected chi connectivity index (χ3v) is 3.94. The molecule has 15 heavy (non-hydrogen) atoms. The summed E-state index contributed by atoms with van der Waals surface area (Å²) in [4.78, 5) is 4.03. The molecule has 0 aliphatic rings. The average Bonchev–Trinajstić information content (AvgIpc) is 2.58. The summed E-state index contributed by atoms with van der Waals surface area (Å²) in [5, 5.41) is 0. The zero-order valence-electron chi connectivity index (χ0n) is 9.86. The Morgan fingerprint density at radius 2 is 2.20 bits per heavy atom. The van der Waals surface area contributed by atoms with Crippen molar-refractivity contribution in [1.29, 1.82) is 0 Å². The van der Waals surface area contributed by atoms with Gasteiger partial charge >= 0.3 is 0 Å². The van der Waals surface area contributed by atoms with Crippen LogP contribution in [0.2, 0.25) is 25.7 Å². The van der Waals surface area contributed by atoms with Crippen molar-refractivity contribution >= 4 is 8.07 Å². The SMILES string of the molecule is C[Si](C)(C)CCOCn1cncc1CN. The van der Waals surface area contributed by atoms with E-state index in [2.05, 4.69) is 24.6 Å². The monoisotopic (exact) mass is 227 g/mol. The molecule has 0 saturated heterocycles. The molecule has 1 aromatic rings. The Balaban J connectivity index is 2.26. The second-order valence-electron chi connectivity index (χ2n) is 4.91. The minimum atomic E-state index is -0.976. The van der Waals surface area contributed by atoms with Gasteiger partial charge in [0.2, 0.25) is 0 Å². The van der Waals surface area contributed by atoms with Crippen molar-refractivity contribution in [3.8, 4) is 0 Å². The van der Waals surface area contributed by atoms with E-state index in [0.29, 0.717) is 13.3 Å². The van der Waals surface area contributed by atoms with E-state index >= 15 is 0 Å². The molecule has 86 valence electrons. The van der Waals surface area contributed by atoms with Crippen LogP contribution in [0.4, 0.5) is 0 Å². The van der Waals surface area contributed by atoms with Gasteiger partial charge in [-0.2, -0.15) is 0 Å². The first-order valence-electron chi connectivity index (χ1n) is 5.30. The normalized spacial score (nSPS) is 12.0. The summed E-state index contributed by atoms with van der Waals surface area (Å²) in [6, 6.07) is 1.19. The van der Waals surface area contributed by atoms with Gasteiger partial charge in [0.25, 0.3) is 0 Å². The van der Waals surface area contributed by atoms with Gasteiger partial charge in [0.15, 0.2) is 0 Å². The minimum Gasteiger partial charge on any atom is -0.361 e. The standard InChI is InChI=1S/C10H21N3OSi/c1-15(2,3)5-4-14-9-13-8-12-7-10(13)6-11/h7-8H,4-6,9,11H2,1-3H3. The minimum absolute atomic E-state index is 0.511. The molecule has 0 unspecified atom stereocenters. The first-order valence-corrected chi connectivity index (χ1v) is 9.00. The predicted octanol–water partition coefficient (Wildman–Crippen LogP) is 1.65. The predicted molar refractivity (Wildman–Crippen MR) is 64.2 cm³/mol.